The summed E-state index contributed by atoms with van der Waals surface area (Å²) in [5.41, 5.74) is 1.16. The van der Waals surface area contributed by atoms with Crippen LogP contribution in [0.5, 0.6) is 5.75 Å². The Morgan fingerprint density at radius 1 is 1.25 bits per heavy atom. The van der Waals surface area contributed by atoms with Crippen molar-refractivity contribution < 1.29 is 9.84 Å². The van der Waals surface area contributed by atoms with Gasteiger partial charge < -0.3 is 15.2 Å². The Hall–Kier alpha value is -1.57. The molecule has 0 radical (unpaired) electrons. The van der Waals surface area contributed by atoms with Gasteiger partial charge >= 0.3 is 0 Å². The molecule has 0 amide bonds. The summed E-state index contributed by atoms with van der Waals surface area (Å²) in [5, 5.41) is 21.1. The van der Waals surface area contributed by atoms with Gasteiger partial charge in [-0.3, -0.25) is 0 Å². The zero-order chi connectivity index (χ0) is 15.0. The standard InChI is InChI=1S/C16H24N2O2/c1-12(2)16(8-10-19)18-13(3)14-4-6-15(7-5-14)20-11-9-17/h4-7,12-13,16,18-19H,8,10-11H2,1-3H3. The van der Waals surface area contributed by atoms with E-state index in [1.165, 1.54) is 0 Å². The van der Waals surface area contributed by atoms with E-state index in [0.717, 1.165) is 12.0 Å². The minimum atomic E-state index is 0.0685. The number of benzene rings is 1. The van der Waals surface area contributed by atoms with Crippen LogP contribution in [-0.2, 0) is 0 Å². The van der Waals surface area contributed by atoms with E-state index in [0.29, 0.717) is 17.7 Å². The van der Waals surface area contributed by atoms with Crippen molar-refractivity contribution in [1.82, 2.24) is 5.32 Å². The Labute approximate surface area is 121 Å². The predicted molar refractivity (Wildman–Crippen MR) is 79.4 cm³/mol. The van der Waals surface area contributed by atoms with E-state index in [1.807, 2.05) is 30.3 Å². The van der Waals surface area contributed by atoms with Gasteiger partial charge in [0.05, 0.1) is 0 Å². The highest BCUT2D eigenvalue weighted by Gasteiger charge is 2.16. The van der Waals surface area contributed by atoms with Gasteiger partial charge in [0, 0.05) is 18.7 Å². The highest BCUT2D eigenvalue weighted by atomic mass is 16.5. The van der Waals surface area contributed by atoms with E-state index in [2.05, 4.69) is 26.1 Å². The first-order chi connectivity index (χ1) is 9.58. The molecule has 0 aliphatic carbocycles. The topological polar surface area (TPSA) is 65.3 Å². The molecule has 1 aromatic rings. The molecular weight excluding hydrogens is 252 g/mol. The van der Waals surface area contributed by atoms with Crippen LogP contribution in [0.25, 0.3) is 0 Å². The first-order valence-electron chi connectivity index (χ1n) is 7.05. The van der Waals surface area contributed by atoms with Crippen molar-refractivity contribution in [3.63, 3.8) is 0 Å². The fraction of sp³-hybridized carbons (Fsp3) is 0.562. The second kappa shape index (κ2) is 8.57. The monoisotopic (exact) mass is 276 g/mol. The predicted octanol–water partition coefficient (Wildman–Crippen LogP) is 2.65. The number of nitriles is 1. The number of aliphatic hydroxyl groups excluding tert-OH is 1. The Bertz CT molecular complexity index is 423. The number of nitrogens with zero attached hydrogens (tertiary/aromatic N) is 1. The minimum Gasteiger partial charge on any atom is -0.479 e. The van der Waals surface area contributed by atoms with E-state index in [9.17, 15) is 0 Å². The Morgan fingerprint density at radius 2 is 1.90 bits per heavy atom. The quantitative estimate of drug-likeness (QED) is 0.766. The van der Waals surface area contributed by atoms with Crippen LogP contribution < -0.4 is 10.1 Å². The third-order valence-electron chi connectivity index (χ3n) is 3.39. The average Bonchev–Trinajstić information content (AvgIpc) is 2.45. The number of hydrogen-bond donors (Lipinski definition) is 2. The van der Waals surface area contributed by atoms with Gasteiger partial charge in [-0.2, -0.15) is 5.26 Å². The molecule has 2 N–H and O–H groups in total. The van der Waals surface area contributed by atoms with Crippen molar-refractivity contribution in [2.75, 3.05) is 13.2 Å². The highest BCUT2D eigenvalue weighted by Crippen LogP contribution is 2.19. The smallest absolute Gasteiger partial charge is 0.174 e. The van der Waals surface area contributed by atoms with E-state index in [1.54, 1.807) is 0 Å². The van der Waals surface area contributed by atoms with Crippen molar-refractivity contribution in [3.8, 4) is 11.8 Å². The largest absolute Gasteiger partial charge is 0.479 e. The highest BCUT2D eigenvalue weighted by molar-refractivity contribution is 5.29. The Kier molecular flexibility index (Phi) is 7.06. The molecule has 4 heteroatoms. The molecule has 0 aromatic heterocycles. The third kappa shape index (κ3) is 5.20. The Balaban J connectivity index is 2.62. The maximum absolute atomic E-state index is 9.10. The molecule has 2 unspecified atom stereocenters. The minimum absolute atomic E-state index is 0.0685. The fourth-order valence-electron chi connectivity index (χ4n) is 2.13. The van der Waals surface area contributed by atoms with Gasteiger partial charge in [0.2, 0.25) is 0 Å². The number of nitrogens with one attached hydrogen (secondary N) is 1. The molecule has 0 fully saturated rings. The summed E-state index contributed by atoms with van der Waals surface area (Å²) in [5.74, 6) is 1.18. The van der Waals surface area contributed by atoms with Crippen molar-refractivity contribution in [2.24, 2.45) is 5.92 Å². The van der Waals surface area contributed by atoms with Crippen LogP contribution in [0.1, 0.15) is 38.8 Å². The van der Waals surface area contributed by atoms with Crippen molar-refractivity contribution in [1.29, 1.82) is 5.26 Å². The van der Waals surface area contributed by atoms with Crippen LogP contribution in [0.15, 0.2) is 24.3 Å². The van der Waals surface area contributed by atoms with E-state index in [4.69, 9.17) is 15.1 Å². The number of rotatable bonds is 8. The van der Waals surface area contributed by atoms with Crippen LogP contribution in [0.3, 0.4) is 0 Å². The molecule has 1 rings (SSSR count). The lowest BCUT2D eigenvalue weighted by atomic mass is 9.98. The molecule has 0 bridgehead atoms. The lowest BCUT2D eigenvalue weighted by Gasteiger charge is -2.26. The molecule has 1 aromatic carbocycles. The lowest BCUT2D eigenvalue weighted by molar-refractivity contribution is 0.237. The van der Waals surface area contributed by atoms with E-state index in [-0.39, 0.29) is 19.3 Å². The van der Waals surface area contributed by atoms with Crippen LogP contribution in [0, 0.1) is 17.2 Å². The van der Waals surface area contributed by atoms with Gasteiger partial charge in [0.15, 0.2) is 6.61 Å². The van der Waals surface area contributed by atoms with Crippen molar-refractivity contribution in [3.05, 3.63) is 29.8 Å². The molecule has 0 aliphatic heterocycles. The number of aliphatic hydroxyl groups is 1. The molecule has 110 valence electrons. The summed E-state index contributed by atoms with van der Waals surface area (Å²) in [6, 6.07) is 10.2. The van der Waals surface area contributed by atoms with Crippen molar-refractivity contribution >= 4 is 0 Å². The summed E-state index contributed by atoms with van der Waals surface area (Å²) < 4.78 is 5.23. The molecule has 0 aliphatic rings. The molecule has 0 saturated carbocycles. The molecule has 2 atom stereocenters. The van der Waals surface area contributed by atoms with Gasteiger partial charge in [0.25, 0.3) is 0 Å². The SMILES string of the molecule is CC(NC(CCO)C(C)C)c1ccc(OCC#N)cc1. The van der Waals surface area contributed by atoms with Crippen LogP contribution in [0.4, 0.5) is 0 Å². The number of ether oxygens (including phenoxy) is 1. The second-order valence-electron chi connectivity index (χ2n) is 5.27. The lowest BCUT2D eigenvalue weighted by Crippen LogP contribution is -2.36. The van der Waals surface area contributed by atoms with Crippen LogP contribution >= 0.6 is 0 Å². The molecule has 0 spiro atoms. The maximum Gasteiger partial charge on any atom is 0.174 e. The van der Waals surface area contributed by atoms with Gasteiger partial charge in [-0.05, 0) is 37.0 Å². The molecule has 0 saturated heterocycles. The summed E-state index contributed by atoms with van der Waals surface area (Å²) in [7, 11) is 0. The first-order valence-corrected chi connectivity index (χ1v) is 7.05. The summed E-state index contributed by atoms with van der Waals surface area (Å²) in [6.45, 7) is 6.68. The maximum atomic E-state index is 9.10. The zero-order valence-corrected chi connectivity index (χ0v) is 12.5. The Morgan fingerprint density at radius 3 is 2.40 bits per heavy atom. The molecular formula is C16H24N2O2. The van der Waals surface area contributed by atoms with Crippen LogP contribution in [-0.4, -0.2) is 24.4 Å². The van der Waals surface area contributed by atoms with Gasteiger partial charge in [-0.1, -0.05) is 26.0 Å². The molecule has 4 nitrogen and oxygen atoms in total. The first kappa shape index (κ1) is 16.5. The van der Waals surface area contributed by atoms with Crippen LogP contribution in [0.2, 0.25) is 0 Å². The van der Waals surface area contributed by atoms with Gasteiger partial charge in [-0.25, -0.2) is 0 Å². The fourth-order valence-corrected chi connectivity index (χ4v) is 2.13. The van der Waals surface area contributed by atoms with Crippen molar-refractivity contribution in [2.45, 2.75) is 39.3 Å². The summed E-state index contributed by atoms with van der Waals surface area (Å²) in [4.78, 5) is 0. The average molecular weight is 276 g/mol. The molecule has 0 heterocycles. The van der Waals surface area contributed by atoms with E-state index >= 15 is 0 Å². The zero-order valence-electron chi connectivity index (χ0n) is 12.5. The molecule has 20 heavy (non-hydrogen) atoms. The number of hydrogen-bond acceptors (Lipinski definition) is 4. The van der Waals surface area contributed by atoms with Gasteiger partial charge in [0.1, 0.15) is 11.8 Å². The summed E-state index contributed by atoms with van der Waals surface area (Å²) >= 11 is 0. The van der Waals surface area contributed by atoms with E-state index < -0.39 is 0 Å². The third-order valence-corrected chi connectivity index (χ3v) is 3.39. The van der Waals surface area contributed by atoms with Gasteiger partial charge in [-0.15, -0.1) is 0 Å². The summed E-state index contributed by atoms with van der Waals surface area (Å²) in [6.07, 6.45) is 0.755. The normalized spacial score (nSPS) is 13.8. The second-order valence-corrected chi connectivity index (χ2v) is 5.27.